The van der Waals surface area contributed by atoms with Gasteiger partial charge in [0.2, 0.25) is 0 Å². The highest BCUT2D eigenvalue weighted by Crippen LogP contribution is 2.36. The molecule has 1 aromatic carbocycles. The summed E-state index contributed by atoms with van der Waals surface area (Å²) in [5.74, 6) is 1.04. The Kier molecular flexibility index (Phi) is 5.42. The van der Waals surface area contributed by atoms with E-state index in [-0.39, 0.29) is 5.41 Å². The number of hydrogen-bond donors (Lipinski definition) is 1. The molecule has 0 heterocycles. The Morgan fingerprint density at radius 2 is 1.84 bits per heavy atom. The first-order valence-corrected chi connectivity index (χ1v) is 7.17. The Balaban J connectivity index is 3.19. The zero-order valence-electron chi connectivity index (χ0n) is 13.6. The number of methoxy groups -OCH3 is 1. The van der Waals surface area contributed by atoms with E-state index in [1.807, 2.05) is 0 Å². The minimum absolute atomic E-state index is 0.288. The number of aryl methyl sites for hydroxylation is 1. The van der Waals surface area contributed by atoms with Crippen molar-refractivity contribution in [2.45, 2.75) is 54.0 Å². The van der Waals surface area contributed by atoms with E-state index in [1.165, 1.54) is 16.7 Å². The molecule has 0 aliphatic carbocycles. The molecule has 0 bridgehead atoms. The summed E-state index contributed by atoms with van der Waals surface area (Å²) in [4.78, 5) is 0. The molecule has 0 aromatic heterocycles. The Hall–Kier alpha value is -1.02. The zero-order valence-corrected chi connectivity index (χ0v) is 13.6. The lowest BCUT2D eigenvalue weighted by atomic mass is 9.84. The highest BCUT2D eigenvalue weighted by molar-refractivity contribution is 5.46. The van der Waals surface area contributed by atoms with E-state index in [0.717, 1.165) is 18.7 Å². The van der Waals surface area contributed by atoms with Crippen molar-refractivity contribution in [3.8, 4) is 5.75 Å². The summed E-state index contributed by atoms with van der Waals surface area (Å²) < 4.78 is 5.66. The van der Waals surface area contributed by atoms with Crippen LogP contribution in [-0.4, -0.2) is 13.7 Å². The summed E-state index contributed by atoms with van der Waals surface area (Å²) in [5, 5.41) is 3.60. The third-order valence-electron chi connectivity index (χ3n) is 3.55. The van der Waals surface area contributed by atoms with Gasteiger partial charge >= 0.3 is 0 Å². The van der Waals surface area contributed by atoms with Gasteiger partial charge in [0.15, 0.2) is 0 Å². The van der Waals surface area contributed by atoms with Crippen LogP contribution < -0.4 is 10.1 Å². The molecule has 1 N–H and O–H groups in total. The van der Waals surface area contributed by atoms with E-state index in [1.54, 1.807) is 7.11 Å². The summed E-state index contributed by atoms with van der Waals surface area (Å²) in [6, 6.07) is 4.75. The lowest BCUT2D eigenvalue weighted by molar-refractivity contribution is 0.306. The van der Waals surface area contributed by atoms with Crippen molar-refractivity contribution in [2.24, 2.45) is 5.41 Å². The summed E-state index contributed by atoms with van der Waals surface area (Å²) in [7, 11) is 1.77. The molecule has 1 atom stereocenters. The minimum atomic E-state index is 0.288. The molecule has 0 radical (unpaired) electrons. The smallest absolute Gasteiger partial charge is 0.126 e. The van der Waals surface area contributed by atoms with Crippen molar-refractivity contribution in [1.29, 1.82) is 0 Å². The van der Waals surface area contributed by atoms with Crippen LogP contribution in [-0.2, 0) is 0 Å². The van der Waals surface area contributed by atoms with Gasteiger partial charge in [0, 0.05) is 11.6 Å². The number of rotatable bonds is 5. The lowest BCUT2D eigenvalue weighted by Crippen LogP contribution is -2.26. The van der Waals surface area contributed by atoms with E-state index in [4.69, 9.17) is 4.74 Å². The molecule has 1 aromatic rings. The molecule has 0 saturated heterocycles. The third-order valence-corrected chi connectivity index (χ3v) is 3.55. The average Bonchev–Trinajstić information content (AvgIpc) is 2.30. The zero-order chi connectivity index (χ0) is 14.6. The molecule has 19 heavy (non-hydrogen) atoms. The molecular formula is C17H29NO. The van der Waals surface area contributed by atoms with Gasteiger partial charge in [-0.25, -0.2) is 0 Å². The summed E-state index contributed by atoms with van der Waals surface area (Å²) in [6.07, 6.45) is 1.10. The number of ether oxygens (including phenoxy) is 1. The van der Waals surface area contributed by atoms with Crippen LogP contribution in [0.15, 0.2) is 12.1 Å². The molecule has 2 nitrogen and oxygen atoms in total. The SMILES string of the molecule is CCNC(CC(C)(C)C)c1ccc(C)c(C)c1OC. The van der Waals surface area contributed by atoms with Gasteiger partial charge in [-0.15, -0.1) is 0 Å². The molecule has 0 aliphatic heterocycles. The third kappa shape index (κ3) is 4.24. The van der Waals surface area contributed by atoms with Crippen LogP contribution in [0.2, 0.25) is 0 Å². The van der Waals surface area contributed by atoms with Gasteiger partial charge in [-0.05, 0) is 43.4 Å². The van der Waals surface area contributed by atoms with Crippen molar-refractivity contribution in [3.63, 3.8) is 0 Å². The largest absolute Gasteiger partial charge is 0.496 e. The molecule has 0 saturated carbocycles. The van der Waals surface area contributed by atoms with Crippen molar-refractivity contribution < 1.29 is 4.74 Å². The van der Waals surface area contributed by atoms with Crippen molar-refractivity contribution in [1.82, 2.24) is 5.32 Å². The maximum absolute atomic E-state index is 5.66. The van der Waals surface area contributed by atoms with E-state index in [2.05, 4.69) is 59.0 Å². The van der Waals surface area contributed by atoms with Crippen LogP contribution in [0.5, 0.6) is 5.75 Å². The molecule has 1 rings (SSSR count). The Morgan fingerprint density at radius 1 is 1.21 bits per heavy atom. The maximum Gasteiger partial charge on any atom is 0.126 e. The molecule has 2 heteroatoms. The number of benzene rings is 1. The second-order valence-corrected chi connectivity index (χ2v) is 6.50. The molecule has 0 amide bonds. The maximum atomic E-state index is 5.66. The first kappa shape index (κ1) is 16.0. The summed E-state index contributed by atoms with van der Waals surface area (Å²) in [5.41, 5.74) is 4.10. The fourth-order valence-electron chi connectivity index (χ4n) is 2.51. The fourth-order valence-corrected chi connectivity index (χ4v) is 2.51. The van der Waals surface area contributed by atoms with Gasteiger partial charge in [0.05, 0.1) is 7.11 Å². The average molecular weight is 263 g/mol. The highest BCUT2D eigenvalue weighted by atomic mass is 16.5. The van der Waals surface area contributed by atoms with Gasteiger partial charge in [-0.1, -0.05) is 39.8 Å². The van der Waals surface area contributed by atoms with Crippen molar-refractivity contribution >= 4 is 0 Å². The summed E-state index contributed by atoms with van der Waals surface area (Å²) >= 11 is 0. The van der Waals surface area contributed by atoms with Gasteiger partial charge < -0.3 is 10.1 Å². The first-order chi connectivity index (χ1) is 8.80. The minimum Gasteiger partial charge on any atom is -0.496 e. The Bertz CT molecular complexity index is 418. The molecular weight excluding hydrogens is 234 g/mol. The molecule has 108 valence electrons. The normalized spacial score (nSPS) is 13.4. The van der Waals surface area contributed by atoms with Crippen LogP contribution in [0.4, 0.5) is 0 Å². The van der Waals surface area contributed by atoms with Crippen LogP contribution in [0.1, 0.15) is 56.8 Å². The molecule has 0 aliphatic rings. The topological polar surface area (TPSA) is 21.3 Å². The lowest BCUT2D eigenvalue weighted by Gasteiger charge is -2.29. The van der Waals surface area contributed by atoms with Crippen LogP contribution in [0.25, 0.3) is 0 Å². The predicted molar refractivity (Wildman–Crippen MR) is 83.0 cm³/mol. The number of hydrogen-bond acceptors (Lipinski definition) is 2. The molecule has 0 fully saturated rings. The van der Waals surface area contributed by atoms with Gasteiger partial charge in [0.1, 0.15) is 5.75 Å². The molecule has 0 spiro atoms. The van der Waals surface area contributed by atoms with Crippen molar-refractivity contribution in [3.05, 3.63) is 28.8 Å². The van der Waals surface area contributed by atoms with Crippen LogP contribution in [0.3, 0.4) is 0 Å². The standard InChI is InChI=1S/C17H29NO/c1-8-18-15(11-17(4,5)6)14-10-9-12(2)13(3)16(14)19-7/h9-10,15,18H,8,11H2,1-7H3. The predicted octanol–water partition coefficient (Wildman–Crippen LogP) is 4.40. The quantitative estimate of drug-likeness (QED) is 0.850. The van der Waals surface area contributed by atoms with Crippen LogP contribution in [0, 0.1) is 19.3 Å². The van der Waals surface area contributed by atoms with E-state index < -0.39 is 0 Å². The molecule has 1 unspecified atom stereocenters. The first-order valence-electron chi connectivity index (χ1n) is 7.17. The van der Waals surface area contributed by atoms with E-state index >= 15 is 0 Å². The Labute approximate surface area is 118 Å². The highest BCUT2D eigenvalue weighted by Gasteiger charge is 2.23. The number of nitrogens with one attached hydrogen (secondary N) is 1. The van der Waals surface area contributed by atoms with Gasteiger partial charge in [-0.2, -0.15) is 0 Å². The van der Waals surface area contributed by atoms with Gasteiger partial charge in [-0.3, -0.25) is 0 Å². The Morgan fingerprint density at radius 3 is 2.32 bits per heavy atom. The fraction of sp³-hybridized carbons (Fsp3) is 0.647. The van der Waals surface area contributed by atoms with Crippen molar-refractivity contribution in [2.75, 3.05) is 13.7 Å². The van der Waals surface area contributed by atoms with E-state index in [0.29, 0.717) is 6.04 Å². The monoisotopic (exact) mass is 263 g/mol. The van der Waals surface area contributed by atoms with Crippen LogP contribution >= 0.6 is 0 Å². The summed E-state index contributed by atoms with van der Waals surface area (Å²) in [6.45, 7) is 14.2. The second-order valence-electron chi connectivity index (χ2n) is 6.50. The van der Waals surface area contributed by atoms with Gasteiger partial charge in [0.25, 0.3) is 0 Å². The van der Waals surface area contributed by atoms with E-state index in [9.17, 15) is 0 Å². The second kappa shape index (κ2) is 6.42.